The molecule has 0 bridgehead atoms. The van der Waals surface area contributed by atoms with E-state index in [1.54, 1.807) is 0 Å². The third-order valence-electron chi connectivity index (χ3n) is 6.35. The minimum absolute atomic E-state index is 0.201. The lowest BCUT2D eigenvalue weighted by Gasteiger charge is -2.40. The lowest BCUT2D eigenvalue weighted by atomic mass is 9.79. The molecule has 0 N–H and O–H groups in total. The van der Waals surface area contributed by atoms with E-state index in [1.165, 1.54) is 12.8 Å². The number of hydrogen-bond donors (Lipinski definition) is 0. The van der Waals surface area contributed by atoms with Gasteiger partial charge in [0, 0.05) is 49.6 Å². The Labute approximate surface area is 162 Å². The Morgan fingerprint density at radius 2 is 2.04 bits per heavy atom. The van der Waals surface area contributed by atoms with E-state index in [2.05, 4.69) is 32.5 Å². The number of benzene rings is 1. The van der Waals surface area contributed by atoms with Crippen molar-refractivity contribution in [1.82, 2.24) is 19.4 Å². The van der Waals surface area contributed by atoms with Crippen LogP contribution >= 0.6 is 0 Å². The van der Waals surface area contributed by atoms with Crippen LogP contribution in [0.25, 0.3) is 0 Å². The zero-order chi connectivity index (χ0) is 18.9. The number of carbonyl (C=O) groups is 1. The van der Waals surface area contributed by atoms with Gasteiger partial charge in [0.15, 0.2) is 0 Å². The third-order valence-corrected chi connectivity index (χ3v) is 6.35. The first kappa shape index (κ1) is 18.2. The standard InChI is InChI=1S/C22H30N4O/c1-3-25-14-11-23-20(25)15-24-13-10-22(16-24)9-6-12-26(17-22)21(27)19-8-5-4-7-18(19)2/h4-5,7-8,11,14H,3,6,9-10,12-13,15-17H2,1-2H3. The number of likely N-dealkylation sites (tertiary alicyclic amines) is 2. The van der Waals surface area contributed by atoms with Gasteiger partial charge in [-0.15, -0.1) is 0 Å². The van der Waals surface area contributed by atoms with Gasteiger partial charge in [-0.05, 0) is 51.3 Å². The van der Waals surface area contributed by atoms with Crippen molar-refractivity contribution >= 4 is 5.91 Å². The normalized spacial score (nSPS) is 23.3. The molecule has 5 heteroatoms. The zero-order valence-electron chi connectivity index (χ0n) is 16.5. The van der Waals surface area contributed by atoms with Crippen molar-refractivity contribution in [2.75, 3.05) is 26.2 Å². The predicted octanol–water partition coefficient (Wildman–Crippen LogP) is 3.34. The Balaban J connectivity index is 1.43. The van der Waals surface area contributed by atoms with Crippen LogP contribution in [0.15, 0.2) is 36.7 Å². The SMILES string of the molecule is CCn1ccnc1CN1CCC2(CCCN(C(=O)c3ccccc3C)C2)C1. The molecular weight excluding hydrogens is 336 g/mol. The van der Waals surface area contributed by atoms with E-state index in [1.807, 2.05) is 37.4 Å². The molecule has 1 atom stereocenters. The van der Waals surface area contributed by atoms with Crippen LogP contribution in [0, 0.1) is 12.3 Å². The molecule has 0 aliphatic carbocycles. The van der Waals surface area contributed by atoms with E-state index in [9.17, 15) is 4.79 Å². The molecule has 144 valence electrons. The Morgan fingerprint density at radius 1 is 1.19 bits per heavy atom. The van der Waals surface area contributed by atoms with E-state index in [-0.39, 0.29) is 11.3 Å². The molecule has 1 aromatic carbocycles. The molecule has 0 radical (unpaired) electrons. The number of nitrogens with zero attached hydrogens (tertiary/aromatic N) is 4. The van der Waals surface area contributed by atoms with Crippen LogP contribution in [-0.4, -0.2) is 51.4 Å². The summed E-state index contributed by atoms with van der Waals surface area (Å²) in [6.07, 6.45) is 7.47. The Hall–Kier alpha value is -2.14. The number of hydrogen-bond acceptors (Lipinski definition) is 3. The minimum Gasteiger partial charge on any atom is -0.338 e. The first-order valence-corrected chi connectivity index (χ1v) is 10.2. The van der Waals surface area contributed by atoms with Gasteiger partial charge >= 0.3 is 0 Å². The highest BCUT2D eigenvalue weighted by Crippen LogP contribution is 2.39. The number of carbonyl (C=O) groups excluding carboxylic acids is 1. The van der Waals surface area contributed by atoms with Crippen molar-refractivity contribution in [3.63, 3.8) is 0 Å². The second kappa shape index (κ2) is 7.47. The molecule has 2 saturated heterocycles. The van der Waals surface area contributed by atoms with E-state index >= 15 is 0 Å². The van der Waals surface area contributed by atoms with E-state index in [0.29, 0.717) is 0 Å². The summed E-state index contributed by atoms with van der Waals surface area (Å²) in [5.41, 5.74) is 2.18. The molecular formula is C22H30N4O. The summed E-state index contributed by atoms with van der Waals surface area (Å²) >= 11 is 0. The van der Waals surface area contributed by atoms with E-state index in [4.69, 9.17) is 0 Å². The number of aryl methyl sites for hydroxylation is 2. The van der Waals surface area contributed by atoms with Crippen LogP contribution in [0.2, 0.25) is 0 Å². The maximum absolute atomic E-state index is 13.1. The molecule has 2 fully saturated rings. The molecule has 5 nitrogen and oxygen atoms in total. The zero-order valence-corrected chi connectivity index (χ0v) is 16.5. The molecule has 0 saturated carbocycles. The molecule has 2 aliphatic heterocycles. The van der Waals surface area contributed by atoms with Crippen molar-refractivity contribution in [2.45, 2.75) is 46.2 Å². The van der Waals surface area contributed by atoms with Gasteiger partial charge in [0.2, 0.25) is 0 Å². The second-order valence-corrected chi connectivity index (χ2v) is 8.24. The van der Waals surface area contributed by atoms with Gasteiger partial charge in [0.1, 0.15) is 5.82 Å². The van der Waals surface area contributed by atoms with Crippen molar-refractivity contribution in [1.29, 1.82) is 0 Å². The Kier molecular flexibility index (Phi) is 5.04. The number of rotatable bonds is 4. The average molecular weight is 367 g/mol. The quantitative estimate of drug-likeness (QED) is 0.833. The maximum atomic E-state index is 13.1. The lowest BCUT2D eigenvalue weighted by Crippen LogP contribution is -2.47. The number of imidazole rings is 1. The fraction of sp³-hybridized carbons (Fsp3) is 0.545. The highest BCUT2D eigenvalue weighted by Gasteiger charge is 2.42. The lowest BCUT2D eigenvalue weighted by molar-refractivity contribution is 0.0525. The Bertz CT molecular complexity index is 814. The molecule has 4 rings (SSSR count). The van der Waals surface area contributed by atoms with Gasteiger partial charge in [-0.1, -0.05) is 18.2 Å². The van der Waals surface area contributed by atoms with Crippen LogP contribution in [0.3, 0.4) is 0 Å². The Morgan fingerprint density at radius 3 is 2.85 bits per heavy atom. The molecule has 1 amide bonds. The van der Waals surface area contributed by atoms with Crippen molar-refractivity contribution in [2.24, 2.45) is 5.41 Å². The van der Waals surface area contributed by atoms with Gasteiger partial charge in [-0.25, -0.2) is 4.98 Å². The fourth-order valence-corrected chi connectivity index (χ4v) is 4.84. The summed E-state index contributed by atoms with van der Waals surface area (Å²) in [5, 5.41) is 0. The fourth-order valence-electron chi connectivity index (χ4n) is 4.84. The summed E-state index contributed by atoms with van der Waals surface area (Å²) < 4.78 is 2.22. The summed E-state index contributed by atoms with van der Waals surface area (Å²) in [5.74, 6) is 1.35. The van der Waals surface area contributed by atoms with Crippen molar-refractivity contribution in [3.8, 4) is 0 Å². The van der Waals surface area contributed by atoms with Crippen LogP contribution in [0.1, 0.15) is 47.9 Å². The van der Waals surface area contributed by atoms with Gasteiger partial charge in [-0.2, -0.15) is 0 Å². The summed E-state index contributed by atoms with van der Waals surface area (Å²) in [6.45, 7) is 10.0. The molecule has 3 heterocycles. The molecule has 2 aliphatic rings. The third kappa shape index (κ3) is 3.65. The number of aromatic nitrogens is 2. The molecule has 1 spiro atoms. The minimum atomic E-state index is 0.201. The smallest absolute Gasteiger partial charge is 0.254 e. The second-order valence-electron chi connectivity index (χ2n) is 8.24. The topological polar surface area (TPSA) is 41.4 Å². The molecule has 1 aromatic heterocycles. The van der Waals surface area contributed by atoms with Gasteiger partial charge in [-0.3, -0.25) is 9.69 Å². The van der Waals surface area contributed by atoms with Crippen LogP contribution in [0.5, 0.6) is 0 Å². The number of piperidine rings is 1. The molecule has 2 aromatic rings. The first-order chi connectivity index (χ1) is 13.1. The van der Waals surface area contributed by atoms with Crippen LogP contribution < -0.4 is 0 Å². The first-order valence-electron chi connectivity index (χ1n) is 10.2. The van der Waals surface area contributed by atoms with Gasteiger partial charge in [0.05, 0.1) is 6.54 Å². The highest BCUT2D eigenvalue weighted by atomic mass is 16.2. The van der Waals surface area contributed by atoms with Crippen molar-refractivity contribution < 1.29 is 4.79 Å². The van der Waals surface area contributed by atoms with Crippen molar-refractivity contribution in [3.05, 3.63) is 53.6 Å². The highest BCUT2D eigenvalue weighted by molar-refractivity contribution is 5.95. The van der Waals surface area contributed by atoms with E-state index in [0.717, 1.165) is 62.6 Å². The predicted molar refractivity (Wildman–Crippen MR) is 107 cm³/mol. The maximum Gasteiger partial charge on any atom is 0.254 e. The van der Waals surface area contributed by atoms with Gasteiger partial charge < -0.3 is 9.47 Å². The largest absolute Gasteiger partial charge is 0.338 e. The van der Waals surface area contributed by atoms with Crippen LogP contribution in [-0.2, 0) is 13.1 Å². The van der Waals surface area contributed by atoms with E-state index < -0.39 is 0 Å². The van der Waals surface area contributed by atoms with Gasteiger partial charge in [0.25, 0.3) is 5.91 Å². The average Bonchev–Trinajstić information content (AvgIpc) is 3.29. The number of amides is 1. The summed E-state index contributed by atoms with van der Waals surface area (Å²) in [6, 6.07) is 7.95. The summed E-state index contributed by atoms with van der Waals surface area (Å²) in [4.78, 5) is 22.2. The molecule has 1 unspecified atom stereocenters. The molecule has 27 heavy (non-hydrogen) atoms. The monoisotopic (exact) mass is 366 g/mol. The summed E-state index contributed by atoms with van der Waals surface area (Å²) in [7, 11) is 0. The van der Waals surface area contributed by atoms with Crippen LogP contribution in [0.4, 0.5) is 0 Å².